The Morgan fingerprint density at radius 3 is 3.36 bits per heavy atom. The number of aliphatic imine (C=N–C) groups is 1. The van der Waals surface area contributed by atoms with Crippen molar-refractivity contribution in [2.75, 3.05) is 0 Å². The zero-order valence-electron chi connectivity index (χ0n) is 6.25. The van der Waals surface area contributed by atoms with Crippen LogP contribution in [0, 0.1) is 0 Å². The normalized spacial score (nSPS) is 21.1. The zero-order chi connectivity index (χ0) is 7.52. The maximum absolute atomic E-state index is 4.22. The summed E-state index contributed by atoms with van der Waals surface area (Å²) in [6.07, 6.45) is 12.2. The van der Waals surface area contributed by atoms with Gasteiger partial charge in [-0.05, 0) is 24.6 Å². The second-order valence-electron chi connectivity index (χ2n) is 2.58. The van der Waals surface area contributed by atoms with Gasteiger partial charge >= 0.3 is 0 Å². The molecule has 2 aliphatic heterocycles. The molecular formula is C9H10N2. The molecule has 0 aromatic heterocycles. The van der Waals surface area contributed by atoms with Gasteiger partial charge in [0.15, 0.2) is 0 Å². The summed E-state index contributed by atoms with van der Waals surface area (Å²) in [5.41, 5.74) is 1.30. The van der Waals surface area contributed by atoms with E-state index in [1.165, 1.54) is 5.57 Å². The first-order chi connectivity index (χ1) is 5.47. The minimum absolute atomic E-state index is 1.00. The standard InChI is InChI=1S/C9H10N2/c1-2-6-10-9-8(4-1)5-3-7-11-9/h2-4,6-7H,1,5H2,(H,10,11). The highest BCUT2D eigenvalue weighted by Gasteiger charge is 2.07. The number of hydrogen-bond donors (Lipinski definition) is 1. The molecule has 11 heavy (non-hydrogen) atoms. The highest BCUT2D eigenvalue weighted by atomic mass is 15.0. The summed E-state index contributed by atoms with van der Waals surface area (Å²) < 4.78 is 0. The molecule has 0 bridgehead atoms. The molecule has 0 aromatic carbocycles. The predicted octanol–water partition coefficient (Wildman–Crippen LogP) is 1.74. The van der Waals surface area contributed by atoms with Crippen LogP contribution in [-0.2, 0) is 0 Å². The van der Waals surface area contributed by atoms with Gasteiger partial charge in [0, 0.05) is 6.20 Å². The fourth-order valence-corrected chi connectivity index (χ4v) is 1.21. The Hall–Kier alpha value is -1.31. The molecule has 2 aliphatic rings. The summed E-state index contributed by atoms with van der Waals surface area (Å²) in [6.45, 7) is 0. The summed E-state index contributed by atoms with van der Waals surface area (Å²) >= 11 is 0. The van der Waals surface area contributed by atoms with E-state index >= 15 is 0 Å². The van der Waals surface area contributed by atoms with Crippen molar-refractivity contribution in [2.24, 2.45) is 4.99 Å². The van der Waals surface area contributed by atoms with Gasteiger partial charge in [-0.15, -0.1) is 0 Å². The van der Waals surface area contributed by atoms with Gasteiger partial charge < -0.3 is 5.32 Å². The molecular weight excluding hydrogens is 136 g/mol. The van der Waals surface area contributed by atoms with Crippen LogP contribution in [0.1, 0.15) is 12.8 Å². The molecule has 0 spiro atoms. The summed E-state index contributed by atoms with van der Waals surface area (Å²) in [7, 11) is 0. The first kappa shape index (κ1) is 6.40. The molecule has 0 unspecified atom stereocenters. The Bertz CT molecular complexity index is 269. The second-order valence-corrected chi connectivity index (χ2v) is 2.58. The number of allylic oxidation sites excluding steroid dienone is 3. The SMILES string of the molecule is C1=CNC2=NC=CCC2=CC1. The lowest BCUT2D eigenvalue weighted by Crippen LogP contribution is -2.19. The maximum Gasteiger partial charge on any atom is 0.133 e. The van der Waals surface area contributed by atoms with E-state index in [1.807, 2.05) is 12.4 Å². The minimum Gasteiger partial charge on any atom is -0.347 e. The van der Waals surface area contributed by atoms with Gasteiger partial charge in [-0.1, -0.05) is 18.2 Å². The fraction of sp³-hybridized carbons (Fsp3) is 0.222. The molecule has 0 atom stereocenters. The van der Waals surface area contributed by atoms with Gasteiger partial charge in [0.25, 0.3) is 0 Å². The second kappa shape index (κ2) is 2.74. The van der Waals surface area contributed by atoms with Crippen LogP contribution >= 0.6 is 0 Å². The van der Waals surface area contributed by atoms with Crippen LogP contribution in [0.2, 0.25) is 0 Å². The van der Waals surface area contributed by atoms with E-state index < -0.39 is 0 Å². The minimum atomic E-state index is 1.00. The Morgan fingerprint density at radius 1 is 1.36 bits per heavy atom. The van der Waals surface area contributed by atoms with Crippen molar-refractivity contribution in [3.63, 3.8) is 0 Å². The van der Waals surface area contributed by atoms with E-state index in [1.54, 1.807) is 0 Å². The average Bonchev–Trinajstić information content (AvgIpc) is 2.28. The largest absolute Gasteiger partial charge is 0.347 e. The first-order valence-electron chi connectivity index (χ1n) is 3.80. The number of rotatable bonds is 0. The third kappa shape index (κ3) is 1.24. The molecule has 0 aromatic rings. The first-order valence-corrected chi connectivity index (χ1v) is 3.80. The van der Waals surface area contributed by atoms with Crippen LogP contribution in [0.4, 0.5) is 0 Å². The molecule has 2 rings (SSSR count). The van der Waals surface area contributed by atoms with Crippen molar-refractivity contribution in [3.05, 3.63) is 36.2 Å². The molecule has 0 fully saturated rings. The summed E-state index contributed by atoms with van der Waals surface area (Å²) in [5, 5.41) is 3.13. The summed E-state index contributed by atoms with van der Waals surface area (Å²) in [6, 6.07) is 0. The van der Waals surface area contributed by atoms with Crippen LogP contribution in [0.15, 0.2) is 41.2 Å². The quantitative estimate of drug-likeness (QED) is 0.553. The van der Waals surface area contributed by atoms with E-state index in [-0.39, 0.29) is 0 Å². The van der Waals surface area contributed by atoms with Gasteiger partial charge in [-0.25, -0.2) is 4.99 Å². The number of nitrogens with zero attached hydrogens (tertiary/aromatic N) is 1. The van der Waals surface area contributed by atoms with Crippen molar-refractivity contribution in [3.8, 4) is 0 Å². The Morgan fingerprint density at radius 2 is 2.36 bits per heavy atom. The molecule has 0 saturated carbocycles. The maximum atomic E-state index is 4.22. The van der Waals surface area contributed by atoms with Gasteiger partial charge in [0.05, 0.1) is 0 Å². The molecule has 56 valence electrons. The number of amidine groups is 1. The van der Waals surface area contributed by atoms with E-state index in [0.717, 1.165) is 18.7 Å². The fourth-order valence-electron chi connectivity index (χ4n) is 1.21. The molecule has 2 heterocycles. The Balaban J connectivity index is 2.32. The van der Waals surface area contributed by atoms with Crippen LogP contribution in [0.25, 0.3) is 0 Å². The summed E-state index contributed by atoms with van der Waals surface area (Å²) in [5.74, 6) is 1.00. The zero-order valence-corrected chi connectivity index (χ0v) is 6.25. The number of fused-ring (bicyclic) bond motifs is 1. The molecule has 2 heteroatoms. The molecule has 0 aliphatic carbocycles. The van der Waals surface area contributed by atoms with Crippen LogP contribution < -0.4 is 5.32 Å². The number of hydrogen-bond acceptors (Lipinski definition) is 2. The predicted molar refractivity (Wildman–Crippen MR) is 46.2 cm³/mol. The Kier molecular flexibility index (Phi) is 1.60. The van der Waals surface area contributed by atoms with Crippen LogP contribution in [-0.4, -0.2) is 5.84 Å². The molecule has 1 N–H and O–H groups in total. The van der Waals surface area contributed by atoms with Crippen LogP contribution in [0.3, 0.4) is 0 Å². The molecule has 0 amide bonds. The number of nitrogens with one attached hydrogen (secondary N) is 1. The van der Waals surface area contributed by atoms with Crippen molar-refractivity contribution in [1.29, 1.82) is 0 Å². The molecule has 0 saturated heterocycles. The van der Waals surface area contributed by atoms with Gasteiger partial charge in [-0.2, -0.15) is 0 Å². The van der Waals surface area contributed by atoms with E-state index in [4.69, 9.17) is 0 Å². The van der Waals surface area contributed by atoms with Crippen molar-refractivity contribution >= 4 is 5.84 Å². The topological polar surface area (TPSA) is 24.4 Å². The third-order valence-corrected chi connectivity index (χ3v) is 1.79. The lowest BCUT2D eigenvalue weighted by molar-refractivity contribution is 1.16. The van der Waals surface area contributed by atoms with Crippen molar-refractivity contribution < 1.29 is 0 Å². The summed E-state index contributed by atoms with van der Waals surface area (Å²) in [4.78, 5) is 4.22. The lowest BCUT2D eigenvalue weighted by Gasteiger charge is -2.09. The van der Waals surface area contributed by atoms with Crippen LogP contribution in [0.5, 0.6) is 0 Å². The highest BCUT2D eigenvalue weighted by molar-refractivity contribution is 6.00. The molecule has 0 radical (unpaired) electrons. The van der Waals surface area contributed by atoms with Gasteiger partial charge in [0.1, 0.15) is 5.84 Å². The average molecular weight is 146 g/mol. The van der Waals surface area contributed by atoms with Crippen molar-refractivity contribution in [2.45, 2.75) is 12.8 Å². The third-order valence-electron chi connectivity index (χ3n) is 1.79. The van der Waals surface area contributed by atoms with E-state index in [9.17, 15) is 0 Å². The highest BCUT2D eigenvalue weighted by Crippen LogP contribution is 2.12. The van der Waals surface area contributed by atoms with Gasteiger partial charge in [0.2, 0.25) is 0 Å². The van der Waals surface area contributed by atoms with E-state index in [2.05, 4.69) is 28.5 Å². The lowest BCUT2D eigenvalue weighted by atomic mass is 10.1. The smallest absolute Gasteiger partial charge is 0.133 e. The molecule has 2 nitrogen and oxygen atoms in total. The Labute approximate surface area is 66.0 Å². The monoisotopic (exact) mass is 146 g/mol. The van der Waals surface area contributed by atoms with Gasteiger partial charge in [-0.3, -0.25) is 0 Å². The van der Waals surface area contributed by atoms with E-state index in [0.29, 0.717) is 0 Å². The van der Waals surface area contributed by atoms with Crippen molar-refractivity contribution in [1.82, 2.24) is 5.32 Å².